The van der Waals surface area contributed by atoms with Crippen LogP contribution in [0.15, 0.2) is 29.2 Å². The van der Waals surface area contributed by atoms with Gasteiger partial charge in [-0.25, -0.2) is 0 Å². The van der Waals surface area contributed by atoms with E-state index in [9.17, 15) is 0 Å². The summed E-state index contributed by atoms with van der Waals surface area (Å²) in [5, 5.41) is 17.5. The van der Waals surface area contributed by atoms with Crippen LogP contribution in [0.25, 0.3) is 0 Å². The van der Waals surface area contributed by atoms with Crippen LogP contribution in [-0.4, -0.2) is 17.5 Å². The molecule has 0 aliphatic carbocycles. The highest BCUT2D eigenvalue weighted by atomic mass is 32.2. The molecule has 1 rings (SSSR count). The number of hydrogen-bond donors (Lipinski definition) is 1. The van der Waals surface area contributed by atoms with Gasteiger partial charge in [-0.15, -0.1) is 11.8 Å². The Labute approximate surface area is 88.6 Å². The minimum absolute atomic E-state index is 0.213. The third kappa shape index (κ3) is 3.41. The highest BCUT2D eigenvalue weighted by molar-refractivity contribution is 7.99. The molecule has 2 nitrogen and oxygen atoms in total. The molecule has 0 heterocycles. The van der Waals surface area contributed by atoms with Crippen molar-refractivity contribution in [3.8, 4) is 6.07 Å². The van der Waals surface area contributed by atoms with E-state index in [0.717, 1.165) is 10.6 Å². The lowest BCUT2D eigenvalue weighted by Crippen LogP contribution is -2.02. The SMILES string of the molecule is CC(CO)CSc1cccc(C#N)c1. The third-order valence-electron chi connectivity index (χ3n) is 1.81. The van der Waals surface area contributed by atoms with Crippen molar-refractivity contribution >= 4 is 11.8 Å². The predicted molar refractivity (Wildman–Crippen MR) is 58.1 cm³/mol. The zero-order chi connectivity index (χ0) is 10.4. The maximum atomic E-state index is 8.85. The summed E-state index contributed by atoms with van der Waals surface area (Å²) in [7, 11) is 0. The van der Waals surface area contributed by atoms with Crippen molar-refractivity contribution in [1.82, 2.24) is 0 Å². The van der Waals surface area contributed by atoms with Gasteiger partial charge in [0.15, 0.2) is 0 Å². The van der Waals surface area contributed by atoms with Gasteiger partial charge in [0.25, 0.3) is 0 Å². The van der Waals surface area contributed by atoms with Crippen LogP contribution in [0.1, 0.15) is 12.5 Å². The Morgan fingerprint density at radius 1 is 1.57 bits per heavy atom. The lowest BCUT2D eigenvalue weighted by Gasteiger charge is -2.06. The first-order valence-corrected chi connectivity index (χ1v) is 5.48. The second-order valence-electron chi connectivity index (χ2n) is 3.24. The number of benzene rings is 1. The molecule has 0 aromatic heterocycles. The Hall–Kier alpha value is -0.980. The summed E-state index contributed by atoms with van der Waals surface area (Å²) in [4.78, 5) is 1.09. The second-order valence-corrected chi connectivity index (χ2v) is 4.33. The molecule has 0 saturated carbocycles. The van der Waals surface area contributed by atoms with Gasteiger partial charge in [0.2, 0.25) is 0 Å². The van der Waals surface area contributed by atoms with Crippen molar-refractivity contribution < 1.29 is 5.11 Å². The predicted octanol–water partition coefficient (Wildman–Crippen LogP) is 2.28. The molecule has 0 bridgehead atoms. The van der Waals surface area contributed by atoms with Crippen molar-refractivity contribution in [3.63, 3.8) is 0 Å². The Balaban J connectivity index is 2.55. The zero-order valence-electron chi connectivity index (χ0n) is 8.10. The Bertz CT molecular complexity index is 332. The number of hydrogen-bond acceptors (Lipinski definition) is 3. The van der Waals surface area contributed by atoms with Crippen molar-refractivity contribution in [2.75, 3.05) is 12.4 Å². The van der Waals surface area contributed by atoms with E-state index < -0.39 is 0 Å². The van der Waals surface area contributed by atoms with E-state index >= 15 is 0 Å². The van der Waals surface area contributed by atoms with Crippen LogP contribution in [0.2, 0.25) is 0 Å². The average molecular weight is 207 g/mol. The highest BCUT2D eigenvalue weighted by Gasteiger charge is 2.01. The zero-order valence-corrected chi connectivity index (χ0v) is 8.92. The van der Waals surface area contributed by atoms with Gasteiger partial charge in [-0.2, -0.15) is 5.26 Å². The summed E-state index contributed by atoms with van der Waals surface area (Å²) in [6.07, 6.45) is 0. The third-order valence-corrected chi connectivity index (χ3v) is 3.13. The summed E-state index contributed by atoms with van der Waals surface area (Å²) in [5.41, 5.74) is 0.687. The molecule has 1 aromatic carbocycles. The largest absolute Gasteiger partial charge is 0.396 e. The fourth-order valence-electron chi connectivity index (χ4n) is 0.947. The molecule has 0 radical (unpaired) electrons. The van der Waals surface area contributed by atoms with Crippen LogP contribution in [0.4, 0.5) is 0 Å². The van der Waals surface area contributed by atoms with Gasteiger partial charge < -0.3 is 5.11 Å². The first-order chi connectivity index (χ1) is 6.76. The first kappa shape index (κ1) is 11.1. The lowest BCUT2D eigenvalue weighted by atomic mass is 10.2. The van der Waals surface area contributed by atoms with E-state index in [2.05, 4.69) is 6.07 Å². The van der Waals surface area contributed by atoms with Gasteiger partial charge in [-0.3, -0.25) is 0 Å². The molecule has 0 saturated heterocycles. The molecule has 0 amide bonds. The minimum Gasteiger partial charge on any atom is -0.396 e. The molecule has 0 spiro atoms. The standard InChI is InChI=1S/C11H13NOS/c1-9(7-13)8-14-11-4-2-3-10(5-11)6-12/h2-5,9,13H,7-8H2,1H3. The maximum Gasteiger partial charge on any atom is 0.0992 e. The van der Waals surface area contributed by atoms with Gasteiger partial charge in [0.05, 0.1) is 11.6 Å². The molecule has 0 aliphatic rings. The van der Waals surface area contributed by atoms with Gasteiger partial charge in [-0.1, -0.05) is 13.0 Å². The number of nitrogens with zero attached hydrogens (tertiary/aromatic N) is 1. The van der Waals surface area contributed by atoms with Crippen molar-refractivity contribution in [2.24, 2.45) is 5.92 Å². The average Bonchev–Trinajstić information content (AvgIpc) is 2.26. The van der Waals surface area contributed by atoms with Crippen LogP contribution in [0.5, 0.6) is 0 Å². The van der Waals surface area contributed by atoms with E-state index in [1.807, 2.05) is 25.1 Å². The van der Waals surface area contributed by atoms with E-state index in [1.165, 1.54) is 0 Å². The summed E-state index contributed by atoms with van der Waals surface area (Å²) >= 11 is 1.67. The van der Waals surface area contributed by atoms with Gasteiger partial charge >= 0.3 is 0 Å². The Kier molecular flexibility index (Phi) is 4.51. The van der Waals surface area contributed by atoms with Gasteiger partial charge in [-0.05, 0) is 24.1 Å². The fraction of sp³-hybridized carbons (Fsp3) is 0.364. The highest BCUT2D eigenvalue weighted by Crippen LogP contribution is 2.21. The first-order valence-electron chi connectivity index (χ1n) is 4.50. The number of rotatable bonds is 4. The molecule has 74 valence electrons. The molecule has 1 aromatic rings. The van der Waals surface area contributed by atoms with Crippen molar-refractivity contribution in [2.45, 2.75) is 11.8 Å². The monoisotopic (exact) mass is 207 g/mol. The second kappa shape index (κ2) is 5.69. The summed E-state index contributed by atoms with van der Waals surface area (Å²) in [6.45, 7) is 2.21. The van der Waals surface area contributed by atoms with Gasteiger partial charge in [0.1, 0.15) is 0 Å². The molecule has 1 N–H and O–H groups in total. The quantitative estimate of drug-likeness (QED) is 0.770. The normalized spacial score (nSPS) is 12.1. The van der Waals surface area contributed by atoms with Crippen LogP contribution < -0.4 is 0 Å². The van der Waals surface area contributed by atoms with E-state index in [4.69, 9.17) is 10.4 Å². The fourth-order valence-corrected chi connectivity index (χ4v) is 1.91. The minimum atomic E-state index is 0.213. The molecule has 14 heavy (non-hydrogen) atoms. The summed E-state index contributed by atoms with van der Waals surface area (Å²) in [6, 6.07) is 9.63. The van der Waals surface area contributed by atoms with Crippen molar-refractivity contribution in [3.05, 3.63) is 29.8 Å². The number of aliphatic hydroxyl groups is 1. The molecular formula is C11H13NOS. The molecule has 3 heteroatoms. The van der Waals surface area contributed by atoms with E-state index in [1.54, 1.807) is 17.8 Å². The van der Waals surface area contributed by atoms with Crippen LogP contribution >= 0.6 is 11.8 Å². The number of nitriles is 1. The smallest absolute Gasteiger partial charge is 0.0992 e. The van der Waals surface area contributed by atoms with E-state index in [-0.39, 0.29) is 6.61 Å². The molecule has 0 aliphatic heterocycles. The van der Waals surface area contributed by atoms with Crippen LogP contribution in [0, 0.1) is 17.2 Å². The van der Waals surface area contributed by atoms with Crippen molar-refractivity contribution in [1.29, 1.82) is 5.26 Å². The van der Waals surface area contributed by atoms with Gasteiger partial charge in [0, 0.05) is 17.3 Å². The molecular weight excluding hydrogens is 194 g/mol. The summed E-state index contributed by atoms with van der Waals surface area (Å²) < 4.78 is 0. The maximum absolute atomic E-state index is 8.85. The number of aliphatic hydroxyl groups excluding tert-OH is 1. The van der Waals surface area contributed by atoms with Crippen LogP contribution in [0.3, 0.4) is 0 Å². The Morgan fingerprint density at radius 2 is 2.36 bits per heavy atom. The van der Waals surface area contributed by atoms with Crippen LogP contribution in [-0.2, 0) is 0 Å². The van der Waals surface area contributed by atoms with E-state index in [0.29, 0.717) is 11.5 Å². The molecule has 1 atom stereocenters. The lowest BCUT2D eigenvalue weighted by molar-refractivity contribution is 0.250. The Morgan fingerprint density at radius 3 is 3.00 bits per heavy atom. The molecule has 1 unspecified atom stereocenters. The summed E-state index contributed by atoms with van der Waals surface area (Å²) in [5.74, 6) is 1.18. The topological polar surface area (TPSA) is 44.0 Å². The number of thioether (sulfide) groups is 1. The molecule has 0 fully saturated rings.